The van der Waals surface area contributed by atoms with Crippen molar-refractivity contribution in [3.63, 3.8) is 0 Å². The number of rotatable bonds is 2. The second-order valence-electron chi connectivity index (χ2n) is 14.8. The Kier molecular flexibility index (Phi) is 6.10. The topological polar surface area (TPSA) is 44.8 Å². The van der Waals surface area contributed by atoms with E-state index < -0.39 is 0 Å². The van der Waals surface area contributed by atoms with Crippen molar-refractivity contribution < 1.29 is 19.0 Å². The summed E-state index contributed by atoms with van der Waals surface area (Å²) in [7, 11) is 0. The van der Waals surface area contributed by atoms with Gasteiger partial charge in [-0.25, -0.2) is 4.79 Å². The molecule has 4 nitrogen and oxygen atoms in total. The molecule has 1 spiro atoms. The zero-order valence-corrected chi connectivity index (χ0v) is 24.0. The lowest BCUT2D eigenvalue weighted by atomic mass is 9.44. The maximum Gasteiger partial charge on any atom is 0.338 e. The minimum Gasteiger partial charge on any atom is -0.459 e. The van der Waals surface area contributed by atoms with E-state index in [1.165, 1.54) is 44.9 Å². The molecule has 38 heavy (non-hydrogen) atoms. The van der Waals surface area contributed by atoms with Crippen molar-refractivity contribution in [2.24, 2.45) is 52.3 Å². The van der Waals surface area contributed by atoms with Gasteiger partial charge >= 0.3 is 5.97 Å². The molecule has 4 aliphatic carbocycles. The molecule has 7 rings (SSSR count). The highest BCUT2D eigenvalue weighted by Crippen LogP contribution is 2.71. The highest BCUT2D eigenvalue weighted by molar-refractivity contribution is 5.89. The van der Waals surface area contributed by atoms with E-state index in [0.29, 0.717) is 46.2 Å². The summed E-state index contributed by atoms with van der Waals surface area (Å²) in [6.45, 7) is 10.9. The molecule has 2 aliphatic heterocycles. The lowest BCUT2D eigenvalue weighted by molar-refractivity contribution is -0.273. The molecule has 0 N–H and O–H groups in total. The quantitative estimate of drug-likeness (QED) is 0.376. The molecule has 6 fully saturated rings. The third-order valence-corrected chi connectivity index (χ3v) is 13.2. The Hall–Kier alpha value is -1.39. The fourth-order valence-corrected chi connectivity index (χ4v) is 11.1. The maximum atomic E-state index is 12.7. The molecule has 208 valence electrons. The number of esters is 1. The Morgan fingerprint density at radius 1 is 0.895 bits per heavy atom. The molecule has 4 saturated carbocycles. The van der Waals surface area contributed by atoms with Crippen LogP contribution in [0.15, 0.2) is 30.3 Å². The van der Waals surface area contributed by atoms with Gasteiger partial charge in [0.05, 0.1) is 18.3 Å². The SMILES string of the molecule is C[C@@H]1CC[C@@]2(OC1)O[C@H]1C[C@H]3[C@@H]4CCC5C[C@@H](OC(=O)c6ccccc6)CC[C@]5(C)[C@H]4CC[C@]3(C)[C@H]1[C@@H]2C. The van der Waals surface area contributed by atoms with E-state index in [0.717, 1.165) is 43.6 Å². The number of fused-ring (bicyclic) bond motifs is 7. The molecule has 1 aromatic carbocycles. The smallest absolute Gasteiger partial charge is 0.338 e. The van der Waals surface area contributed by atoms with Crippen LogP contribution in [-0.4, -0.2) is 30.6 Å². The van der Waals surface area contributed by atoms with Gasteiger partial charge in [-0.05, 0) is 116 Å². The summed E-state index contributed by atoms with van der Waals surface area (Å²) in [4.78, 5) is 12.7. The number of hydrogen-bond acceptors (Lipinski definition) is 4. The first-order chi connectivity index (χ1) is 18.2. The molecule has 12 atom stereocenters. The number of carbonyl (C=O) groups excluding carboxylic acids is 1. The third-order valence-electron chi connectivity index (χ3n) is 13.2. The second-order valence-corrected chi connectivity index (χ2v) is 14.8. The van der Waals surface area contributed by atoms with E-state index in [1.807, 2.05) is 30.3 Å². The van der Waals surface area contributed by atoms with Gasteiger partial charge in [0.2, 0.25) is 0 Å². The van der Waals surface area contributed by atoms with Gasteiger partial charge in [-0.1, -0.05) is 45.9 Å². The maximum absolute atomic E-state index is 12.7. The summed E-state index contributed by atoms with van der Waals surface area (Å²) < 4.78 is 19.5. The summed E-state index contributed by atoms with van der Waals surface area (Å²) >= 11 is 0. The van der Waals surface area contributed by atoms with E-state index in [1.54, 1.807) is 0 Å². The molecule has 0 amide bonds. The fourth-order valence-electron chi connectivity index (χ4n) is 11.1. The van der Waals surface area contributed by atoms with Crippen molar-refractivity contribution in [3.05, 3.63) is 35.9 Å². The van der Waals surface area contributed by atoms with Gasteiger partial charge in [-0.15, -0.1) is 0 Å². The van der Waals surface area contributed by atoms with E-state index in [9.17, 15) is 4.79 Å². The summed E-state index contributed by atoms with van der Waals surface area (Å²) in [5.41, 5.74) is 1.44. The average molecular weight is 521 g/mol. The van der Waals surface area contributed by atoms with Gasteiger partial charge in [0.15, 0.2) is 5.79 Å². The molecule has 0 radical (unpaired) electrons. The van der Waals surface area contributed by atoms with Crippen molar-refractivity contribution >= 4 is 5.97 Å². The fraction of sp³-hybridized carbons (Fsp3) is 0.794. The summed E-state index contributed by atoms with van der Waals surface area (Å²) in [6.07, 6.45) is 12.6. The van der Waals surface area contributed by atoms with Crippen molar-refractivity contribution in [1.82, 2.24) is 0 Å². The van der Waals surface area contributed by atoms with Crippen LogP contribution in [0.5, 0.6) is 0 Å². The van der Waals surface area contributed by atoms with Crippen LogP contribution in [0, 0.1) is 52.3 Å². The first-order valence-corrected chi connectivity index (χ1v) is 15.8. The molecule has 0 aromatic heterocycles. The van der Waals surface area contributed by atoms with Crippen LogP contribution in [-0.2, 0) is 14.2 Å². The minimum atomic E-state index is -0.314. The highest BCUT2D eigenvalue weighted by atomic mass is 16.7. The minimum absolute atomic E-state index is 0.0701. The number of carbonyl (C=O) groups is 1. The molecule has 6 aliphatic rings. The molecule has 4 heteroatoms. The van der Waals surface area contributed by atoms with Crippen LogP contribution in [0.25, 0.3) is 0 Å². The Bertz CT molecular complexity index is 1050. The van der Waals surface area contributed by atoms with Gasteiger partial charge in [-0.3, -0.25) is 0 Å². The average Bonchev–Trinajstić information content (AvgIpc) is 3.36. The van der Waals surface area contributed by atoms with Crippen LogP contribution in [0.1, 0.15) is 102 Å². The normalized spacial score (nSPS) is 51.5. The van der Waals surface area contributed by atoms with Gasteiger partial charge < -0.3 is 14.2 Å². The van der Waals surface area contributed by atoms with Crippen molar-refractivity contribution in [2.45, 2.75) is 110 Å². The Balaban J connectivity index is 1.05. The molecular formula is C34H48O4. The largest absolute Gasteiger partial charge is 0.459 e. The van der Waals surface area contributed by atoms with Crippen molar-refractivity contribution in [3.8, 4) is 0 Å². The monoisotopic (exact) mass is 520 g/mol. The van der Waals surface area contributed by atoms with Gasteiger partial charge in [0, 0.05) is 12.3 Å². The van der Waals surface area contributed by atoms with Crippen LogP contribution in [0.2, 0.25) is 0 Å². The van der Waals surface area contributed by atoms with Crippen LogP contribution < -0.4 is 0 Å². The first-order valence-electron chi connectivity index (χ1n) is 15.8. The lowest BCUT2D eigenvalue weighted by Gasteiger charge is -2.61. The number of ether oxygens (including phenoxy) is 3. The molecule has 1 aromatic rings. The third kappa shape index (κ3) is 3.71. The number of benzene rings is 1. The zero-order chi connectivity index (χ0) is 26.3. The number of hydrogen-bond donors (Lipinski definition) is 0. The summed E-state index contributed by atoms with van der Waals surface area (Å²) in [5, 5.41) is 0. The molecule has 2 saturated heterocycles. The summed E-state index contributed by atoms with van der Waals surface area (Å²) in [6, 6.07) is 9.51. The van der Waals surface area contributed by atoms with Gasteiger partial charge in [-0.2, -0.15) is 0 Å². The first kappa shape index (κ1) is 25.6. The van der Waals surface area contributed by atoms with E-state index >= 15 is 0 Å². The second kappa shape index (κ2) is 9.06. The van der Waals surface area contributed by atoms with Crippen LogP contribution in [0.3, 0.4) is 0 Å². The molecular weight excluding hydrogens is 472 g/mol. The summed E-state index contributed by atoms with van der Waals surface area (Å²) in [5.74, 6) is 4.41. The Morgan fingerprint density at radius 2 is 1.68 bits per heavy atom. The van der Waals surface area contributed by atoms with Gasteiger partial charge in [0.1, 0.15) is 6.10 Å². The predicted octanol–water partition coefficient (Wildman–Crippen LogP) is 7.66. The van der Waals surface area contributed by atoms with E-state index in [2.05, 4.69) is 27.7 Å². The standard InChI is InChI=1S/C34H48O4/c1-21-12-17-34(36-20-21)22(2)30-29(38-34)19-28-26-11-10-24-18-25(37-31(35)23-8-6-5-7-9-23)13-15-32(24,3)27(26)14-16-33(28,30)4/h5-9,21-22,24-30H,10-20H2,1-4H3/t21-,22+,24?,25+,26-,27+,28+,29+,30+,32+,33+,34-/m1/s1. The molecule has 1 unspecified atom stereocenters. The zero-order valence-electron chi connectivity index (χ0n) is 24.0. The Morgan fingerprint density at radius 3 is 2.45 bits per heavy atom. The molecule has 2 heterocycles. The van der Waals surface area contributed by atoms with Gasteiger partial charge in [0.25, 0.3) is 0 Å². The lowest BCUT2D eigenvalue weighted by Crippen LogP contribution is -2.55. The van der Waals surface area contributed by atoms with Crippen molar-refractivity contribution in [2.75, 3.05) is 6.61 Å². The van der Waals surface area contributed by atoms with E-state index in [4.69, 9.17) is 14.2 Å². The van der Waals surface area contributed by atoms with Crippen LogP contribution >= 0.6 is 0 Å². The predicted molar refractivity (Wildman–Crippen MR) is 147 cm³/mol. The molecule has 0 bridgehead atoms. The van der Waals surface area contributed by atoms with E-state index in [-0.39, 0.29) is 17.9 Å². The highest BCUT2D eigenvalue weighted by Gasteiger charge is 2.69. The van der Waals surface area contributed by atoms with Crippen molar-refractivity contribution in [1.29, 1.82) is 0 Å². The van der Waals surface area contributed by atoms with Crippen LogP contribution in [0.4, 0.5) is 0 Å². The Labute approximate surface area is 229 Å².